The normalized spacial score (nSPS) is 16.8. The summed E-state index contributed by atoms with van der Waals surface area (Å²) in [6, 6.07) is 11.4. The molecule has 0 spiro atoms. The zero-order chi connectivity index (χ0) is 21.8. The van der Waals surface area contributed by atoms with Gasteiger partial charge in [-0.3, -0.25) is 14.7 Å². The average molecular weight is 416 g/mol. The molecule has 1 aromatic rings. The van der Waals surface area contributed by atoms with Crippen molar-refractivity contribution in [2.75, 3.05) is 33.2 Å². The SMILES string of the molecule is CCNC(=NCCC(CC)N1CCCC1=O)NCCC(C)N(C)Cc1ccccc1. The maximum Gasteiger partial charge on any atom is 0.222 e. The number of carbonyl (C=O) groups is 1. The number of amides is 1. The maximum atomic E-state index is 12.0. The minimum Gasteiger partial charge on any atom is -0.357 e. The highest BCUT2D eigenvalue weighted by Gasteiger charge is 2.26. The molecule has 1 aromatic carbocycles. The molecule has 2 atom stereocenters. The Labute approximate surface area is 183 Å². The van der Waals surface area contributed by atoms with Crippen LogP contribution >= 0.6 is 0 Å². The molecule has 0 saturated carbocycles. The van der Waals surface area contributed by atoms with E-state index < -0.39 is 0 Å². The van der Waals surface area contributed by atoms with Gasteiger partial charge < -0.3 is 15.5 Å². The third kappa shape index (κ3) is 7.98. The van der Waals surface area contributed by atoms with Crippen LogP contribution < -0.4 is 10.6 Å². The number of aliphatic imine (C=N–C) groups is 1. The van der Waals surface area contributed by atoms with Crippen LogP contribution in [0.2, 0.25) is 0 Å². The second-order valence-electron chi connectivity index (χ2n) is 8.27. The van der Waals surface area contributed by atoms with Crippen molar-refractivity contribution in [3.8, 4) is 0 Å². The molecule has 2 N–H and O–H groups in total. The molecular formula is C24H41N5O. The summed E-state index contributed by atoms with van der Waals surface area (Å²) in [4.78, 5) is 21.2. The standard InChI is InChI=1S/C24H41N5O/c1-5-22(29-18-10-13-23(29)30)15-17-27-24(25-6-2)26-16-14-20(3)28(4)19-21-11-8-7-9-12-21/h7-9,11-12,20,22H,5-6,10,13-19H2,1-4H3,(H2,25,26,27). The van der Waals surface area contributed by atoms with E-state index in [-0.39, 0.29) is 0 Å². The van der Waals surface area contributed by atoms with Crippen LogP contribution in [0, 0.1) is 0 Å². The van der Waals surface area contributed by atoms with Gasteiger partial charge in [0.25, 0.3) is 0 Å². The minimum absolute atomic E-state index is 0.310. The Morgan fingerprint density at radius 2 is 1.97 bits per heavy atom. The maximum absolute atomic E-state index is 12.0. The number of likely N-dealkylation sites (tertiary alicyclic amines) is 1. The van der Waals surface area contributed by atoms with Crippen LogP contribution in [0.25, 0.3) is 0 Å². The summed E-state index contributed by atoms with van der Waals surface area (Å²) in [6.45, 7) is 10.9. The lowest BCUT2D eigenvalue weighted by molar-refractivity contribution is -0.129. The van der Waals surface area contributed by atoms with Crippen LogP contribution in [-0.2, 0) is 11.3 Å². The minimum atomic E-state index is 0.310. The summed E-state index contributed by atoms with van der Waals surface area (Å²) in [5.74, 6) is 1.18. The fourth-order valence-electron chi connectivity index (χ4n) is 3.95. The van der Waals surface area contributed by atoms with Crippen LogP contribution in [0.1, 0.15) is 58.4 Å². The topological polar surface area (TPSA) is 60.0 Å². The second kappa shape index (κ2) is 13.3. The zero-order valence-corrected chi connectivity index (χ0v) is 19.4. The van der Waals surface area contributed by atoms with E-state index in [0.29, 0.717) is 24.4 Å². The molecular weight excluding hydrogens is 374 g/mol. The Hall–Kier alpha value is -2.08. The van der Waals surface area contributed by atoms with Gasteiger partial charge in [-0.25, -0.2) is 0 Å². The van der Waals surface area contributed by atoms with Crippen LogP contribution in [0.3, 0.4) is 0 Å². The van der Waals surface area contributed by atoms with Gasteiger partial charge in [-0.1, -0.05) is 37.3 Å². The number of rotatable bonds is 12. The smallest absolute Gasteiger partial charge is 0.222 e. The van der Waals surface area contributed by atoms with Crippen molar-refractivity contribution in [3.05, 3.63) is 35.9 Å². The lowest BCUT2D eigenvalue weighted by Gasteiger charge is -2.26. The average Bonchev–Trinajstić information content (AvgIpc) is 3.17. The summed E-state index contributed by atoms with van der Waals surface area (Å²) in [5.41, 5.74) is 1.34. The van der Waals surface area contributed by atoms with Gasteiger partial charge in [0.05, 0.1) is 0 Å². The van der Waals surface area contributed by atoms with Gasteiger partial charge in [0.15, 0.2) is 5.96 Å². The van der Waals surface area contributed by atoms with Crippen molar-refractivity contribution in [1.82, 2.24) is 20.4 Å². The van der Waals surface area contributed by atoms with E-state index in [1.807, 2.05) is 0 Å². The van der Waals surface area contributed by atoms with Crippen molar-refractivity contribution in [1.29, 1.82) is 0 Å². The third-order valence-corrected chi connectivity index (χ3v) is 5.98. The molecule has 0 bridgehead atoms. The first-order chi connectivity index (χ1) is 14.5. The van der Waals surface area contributed by atoms with Gasteiger partial charge in [0.1, 0.15) is 0 Å². The molecule has 6 nitrogen and oxygen atoms in total. The van der Waals surface area contributed by atoms with Crippen molar-refractivity contribution >= 4 is 11.9 Å². The monoisotopic (exact) mass is 415 g/mol. The Morgan fingerprint density at radius 3 is 2.60 bits per heavy atom. The number of benzene rings is 1. The first-order valence-electron chi connectivity index (χ1n) is 11.6. The van der Waals surface area contributed by atoms with Crippen molar-refractivity contribution in [2.45, 2.75) is 71.5 Å². The van der Waals surface area contributed by atoms with Gasteiger partial charge in [-0.15, -0.1) is 0 Å². The highest BCUT2D eigenvalue weighted by Crippen LogP contribution is 2.18. The lowest BCUT2D eigenvalue weighted by atomic mass is 10.1. The summed E-state index contributed by atoms with van der Waals surface area (Å²) in [6.07, 6.45) is 4.68. The Bertz CT molecular complexity index is 648. The molecule has 6 heteroatoms. The van der Waals surface area contributed by atoms with E-state index in [4.69, 9.17) is 4.99 Å². The first-order valence-corrected chi connectivity index (χ1v) is 11.6. The van der Waals surface area contributed by atoms with E-state index in [0.717, 1.165) is 64.4 Å². The van der Waals surface area contributed by atoms with E-state index in [2.05, 4.69) is 78.6 Å². The summed E-state index contributed by atoms with van der Waals surface area (Å²) in [7, 11) is 2.18. The van der Waals surface area contributed by atoms with E-state index in [1.165, 1.54) is 5.56 Å². The number of hydrogen-bond acceptors (Lipinski definition) is 3. The second-order valence-corrected chi connectivity index (χ2v) is 8.27. The van der Waals surface area contributed by atoms with Gasteiger partial charge >= 0.3 is 0 Å². The fourth-order valence-corrected chi connectivity index (χ4v) is 3.95. The van der Waals surface area contributed by atoms with Crippen molar-refractivity contribution in [2.24, 2.45) is 4.99 Å². The molecule has 0 radical (unpaired) electrons. The lowest BCUT2D eigenvalue weighted by Crippen LogP contribution is -2.40. The van der Waals surface area contributed by atoms with Crippen LogP contribution in [0.5, 0.6) is 0 Å². The molecule has 1 aliphatic rings. The molecule has 0 aliphatic carbocycles. The largest absolute Gasteiger partial charge is 0.357 e. The van der Waals surface area contributed by atoms with Crippen LogP contribution in [0.15, 0.2) is 35.3 Å². The highest BCUT2D eigenvalue weighted by atomic mass is 16.2. The number of guanidine groups is 1. The highest BCUT2D eigenvalue weighted by molar-refractivity contribution is 5.79. The third-order valence-electron chi connectivity index (χ3n) is 5.98. The summed E-state index contributed by atoms with van der Waals surface area (Å²) < 4.78 is 0. The van der Waals surface area contributed by atoms with E-state index >= 15 is 0 Å². The number of nitrogens with one attached hydrogen (secondary N) is 2. The van der Waals surface area contributed by atoms with Crippen molar-refractivity contribution in [3.63, 3.8) is 0 Å². The quantitative estimate of drug-likeness (QED) is 0.406. The van der Waals surface area contributed by atoms with Gasteiger partial charge in [-0.05, 0) is 52.1 Å². The molecule has 1 aliphatic heterocycles. The first kappa shape index (κ1) is 24.2. The molecule has 1 fully saturated rings. The molecule has 168 valence electrons. The molecule has 1 heterocycles. The number of carbonyl (C=O) groups excluding carboxylic acids is 1. The Balaban J connectivity index is 1.75. The molecule has 0 aromatic heterocycles. The summed E-state index contributed by atoms with van der Waals surface area (Å²) in [5, 5.41) is 6.81. The van der Waals surface area contributed by atoms with E-state index in [9.17, 15) is 4.79 Å². The van der Waals surface area contributed by atoms with E-state index in [1.54, 1.807) is 0 Å². The fraction of sp³-hybridized carbons (Fsp3) is 0.667. The van der Waals surface area contributed by atoms with Crippen molar-refractivity contribution < 1.29 is 4.79 Å². The molecule has 2 rings (SSSR count). The summed E-state index contributed by atoms with van der Waals surface area (Å²) >= 11 is 0. The molecule has 2 unspecified atom stereocenters. The molecule has 1 saturated heterocycles. The van der Waals surface area contributed by atoms with Crippen LogP contribution in [0.4, 0.5) is 0 Å². The van der Waals surface area contributed by atoms with Crippen LogP contribution in [-0.4, -0.2) is 67.0 Å². The predicted molar refractivity (Wildman–Crippen MR) is 126 cm³/mol. The Kier molecular flexibility index (Phi) is 10.7. The Morgan fingerprint density at radius 1 is 1.20 bits per heavy atom. The molecule has 1 amide bonds. The van der Waals surface area contributed by atoms with Gasteiger partial charge in [0, 0.05) is 51.2 Å². The van der Waals surface area contributed by atoms with Gasteiger partial charge in [0.2, 0.25) is 5.91 Å². The predicted octanol–water partition coefficient (Wildman–Crippen LogP) is 3.24. The number of nitrogens with zero attached hydrogens (tertiary/aromatic N) is 3. The van der Waals surface area contributed by atoms with Gasteiger partial charge in [-0.2, -0.15) is 0 Å². The number of hydrogen-bond donors (Lipinski definition) is 2. The molecule has 30 heavy (non-hydrogen) atoms. The zero-order valence-electron chi connectivity index (χ0n) is 19.4.